The first-order chi connectivity index (χ1) is 10.1. The molecule has 0 atom stereocenters. The molecular weight excluding hydrogens is 306 g/mol. The Bertz CT molecular complexity index is 961. The van der Waals surface area contributed by atoms with E-state index < -0.39 is 0 Å². The van der Waals surface area contributed by atoms with Gasteiger partial charge in [-0.15, -0.1) is 11.3 Å². The van der Waals surface area contributed by atoms with Crippen molar-refractivity contribution >= 4 is 33.8 Å². The molecule has 0 saturated carbocycles. The Morgan fingerprint density at radius 3 is 3.10 bits per heavy atom. The second-order valence-corrected chi connectivity index (χ2v) is 6.71. The van der Waals surface area contributed by atoms with E-state index in [-0.39, 0.29) is 5.56 Å². The van der Waals surface area contributed by atoms with Crippen LogP contribution in [0.4, 0.5) is 0 Å². The minimum Gasteiger partial charge on any atom is -0.323 e. The summed E-state index contributed by atoms with van der Waals surface area (Å²) in [6.45, 7) is 0.301. The third-order valence-corrected chi connectivity index (χ3v) is 5.32. The number of hydrogen-bond acceptors (Lipinski definition) is 5. The number of hydrogen-bond donors (Lipinski definition) is 1. The number of rotatable bonds is 2. The van der Waals surface area contributed by atoms with E-state index in [9.17, 15) is 4.79 Å². The Labute approximate surface area is 129 Å². The van der Waals surface area contributed by atoms with Crippen LogP contribution in [0, 0.1) is 4.77 Å². The molecule has 1 aliphatic rings. The van der Waals surface area contributed by atoms with Crippen LogP contribution in [0.15, 0.2) is 11.1 Å². The Balaban J connectivity index is 1.93. The molecule has 6 nitrogen and oxygen atoms in total. The summed E-state index contributed by atoms with van der Waals surface area (Å²) < 4.78 is 3.60. The molecule has 8 heteroatoms. The monoisotopic (exact) mass is 319 g/mol. The van der Waals surface area contributed by atoms with E-state index >= 15 is 0 Å². The van der Waals surface area contributed by atoms with Crippen LogP contribution in [0.2, 0.25) is 0 Å². The average molecular weight is 319 g/mol. The van der Waals surface area contributed by atoms with Gasteiger partial charge in [0.05, 0.1) is 11.9 Å². The van der Waals surface area contributed by atoms with Crippen LogP contribution in [-0.2, 0) is 26.4 Å². The van der Waals surface area contributed by atoms with Gasteiger partial charge in [-0.2, -0.15) is 5.10 Å². The largest absolute Gasteiger partial charge is 0.323 e. The zero-order chi connectivity index (χ0) is 14.6. The van der Waals surface area contributed by atoms with Crippen LogP contribution in [0.5, 0.6) is 0 Å². The summed E-state index contributed by atoms with van der Waals surface area (Å²) in [7, 11) is 1.80. The lowest BCUT2D eigenvalue weighted by molar-refractivity contribution is 0.674. The van der Waals surface area contributed by atoms with Gasteiger partial charge in [0.15, 0.2) is 10.6 Å². The van der Waals surface area contributed by atoms with Crippen molar-refractivity contribution in [2.75, 3.05) is 0 Å². The number of aryl methyl sites for hydroxylation is 3. The van der Waals surface area contributed by atoms with E-state index in [4.69, 9.17) is 12.2 Å². The first-order valence-electron chi connectivity index (χ1n) is 6.75. The molecule has 3 aromatic heterocycles. The topological polar surface area (TPSA) is 68.5 Å². The Morgan fingerprint density at radius 2 is 2.33 bits per heavy atom. The molecule has 0 aromatic carbocycles. The second kappa shape index (κ2) is 4.60. The molecule has 0 saturated heterocycles. The summed E-state index contributed by atoms with van der Waals surface area (Å²) >= 11 is 6.99. The van der Waals surface area contributed by atoms with E-state index in [1.807, 2.05) is 0 Å². The van der Waals surface area contributed by atoms with Crippen LogP contribution in [0.1, 0.15) is 22.7 Å². The summed E-state index contributed by atoms with van der Waals surface area (Å²) in [6, 6.07) is 0. The highest BCUT2D eigenvalue weighted by atomic mass is 32.1. The van der Waals surface area contributed by atoms with Crippen molar-refractivity contribution in [1.29, 1.82) is 0 Å². The summed E-state index contributed by atoms with van der Waals surface area (Å²) in [5, 5.41) is 5.02. The molecule has 21 heavy (non-hydrogen) atoms. The van der Waals surface area contributed by atoms with E-state index in [0.29, 0.717) is 17.1 Å². The molecule has 1 N–H and O–H groups in total. The van der Waals surface area contributed by atoms with Gasteiger partial charge in [-0.1, -0.05) is 0 Å². The molecule has 1 aliphatic carbocycles. The van der Waals surface area contributed by atoms with Gasteiger partial charge in [0.25, 0.3) is 5.56 Å². The molecule has 0 radical (unpaired) electrons. The molecule has 0 aliphatic heterocycles. The molecule has 0 amide bonds. The summed E-state index contributed by atoms with van der Waals surface area (Å²) in [6.07, 6.45) is 4.80. The molecular formula is C13H13N5OS2. The molecule has 3 aromatic rings. The van der Waals surface area contributed by atoms with Gasteiger partial charge in [0, 0.05) is 11.9 Å². The maximum Gasteiger partial charge on any atom is 0.263 e. The highest BCUT2D eigenvalue weighted by molar-refractivity contribution is 7.71. The summed E-state index contributed by atoms with van der Waals surface area (Å²) in [4.78, 5) is 22.4. The van der Waals surface area contributed by atoms with E-state index in [1.54, 1.807) is 34.0 Å². The zero-order valence-corrected chi connectivity index (χ0v) is 13.1. The molecule has 3 heterocycles. The second-order valence-electron chi connectivity index (χ2n) is 5.22. The number of aromatic nitrogens is 5. The van der Waals surface area contributed by atoms with Crippen LogP contribution in [-0.4, -0.2) is 24.3 Å². The molecule has 4 rings (SSSR count). The normalized spacial score (nSPS) is 14.0. The lowest BCUT2D eigenvalue weighted by Crippen LogP contribution is -2.23. The van der Waals surface area contributed by atoms with Gasteiger partial charge in [0.1, 0.15) is 11.2 Å². The molecule has 0 unspecified atom stereocenters. The molecule has 108 valence electrons. The molecule has 0 fully saturated rings. The predicted octanol–water partition coefficient (Wildman–Crippen LogP) is 1.79. The van der Waals surface area contributed by atoms with Crippen LogP contribution < -0.4 is 5.56 Å². The summed E-state index contributed by atoms with van der Waals surface area (Å²) in [5.74, 6) is 0.588. The number of thiophene rings is 1. The van der Waals surface area contributed by atoms with Crippen LogP contribution in [0.3, 0.4) is 0 Å². The van der Waals surface area contributed by atoms with E-state index in [1.165, 1.54) is 10.4 Å². The van der Waals surface area contributed by atoms with Gasteiger partial charge in [0.2, 0.25) is 0 Å². The third-order valence-electron chi connectivity index (χ3n) is 3.79. The van der Waals surface area contributed by atoms with Crippen molar-refractivity contribution in [3.63, 3.8) is 0 Å². The van der Waals surface area contributed by atoms with Gasteiger partial charge in [-0.3, -0.25) is 14.0 Å². The molecule has 0 spiro atoms. The lowest BCUT2D eigenvalue weighted by Gasteiger charge is -2.04. The van der Waals surface area contributed by atoms with Crippen LogP contribution in [0.25, 0.3) is 10.2 Å². The van der Waals surface area contributed by atoms with Crippen LogP contribution >= 0.6 is 23.6 Å². The number of H-pyrrole nitrogens is 1. The fraction of sp³-hybridized carbons (Fsp3) is 0.385. The maximum atomic E-state index is 12.8. The van der Waals surface area contributed by atoms with Crippen molar-refractivity contribution < 1.29 is 0 Å². The third kappa shape index (κ3) is 1.97. The average Bonchev–Trinajstić information content (AvgIpc) is 3.10. The fourth-order valence-electron chi connectivity index (χ4n) is 2.85. The first kappa shape index (κ1) is 12.9. The number of nitrogens with one attached hydrogen (secondary N) is 1. The molecule has 0 bridgehead atoms. The standard InChI is InChI=1S/C13H13N5OS2/c1-17-6-14-9(16-17)5-18-12(19)10-7-3-2-4-8(7)21-11(10)15-13(18)20/h6H,2-5H2,1H3,(H,15,20). The minimum absolute atomic E-state index is 0.0272. The van der Waals surface area contributed by atoms with Crippen molar-refractivity contribution in [1.82, 2.24) is 24.3 Å². The number of aromatic amines is 1. The van der Waals surface area contributed by atoms with E-state index in [2.05, 4.69) is 15.1 Å². The number of fused-ring (bicyclic) bond motifs is 3. The van der Waals surface area contributed by atoms with Gasteiger partial charge < -0.3 is 4.98 Å². The Kier molecular flexibility index (Phi) is 2.83. The Hall–Kier alpha value is -1.80. The van der Waals surface area contributed by atoms with Crippen molar-refractivity contribution in [3.05, 3.63) is 37.7 Å². The van der Waals surface area contributed by atoms with Crippen molar-refractivity contribution in [2.45, 2.75) is 25.8 Å². The lowest BCUT2D eigenvalue weighted by atomic mass is 10.2. The van der Waals surface area contributed by atoms with Crippen molar-refractivity contribution in [3.8, 4) is 0 Å². The number of nitrogens with zero attached hydrogens (tertiary/aromatic N) is 4. The zero-order valence-electron chi connectivity index (χ0n) is 11.4. The minimum atomic E-state index is -0.0272. The van der Waals surface area contributed by atoms with Gasteiger partial charge in [-0.25, -0.2) is 4.98 Å². The fourth-order valence-corrected chi connectivity index (χ4v) is 4.45. The predicted molar refractivity (Wildman–Crippen MR) is 83.4 cm³/mol. The first-order valence-corrected chi connectivity index (χ1v) is 7.98. The van der Waals surface area contributed by atoms with Gasteiger partial charge >= 0.3 is 0 Å². The highest BCUT2D eigenvalue weighted by Gasteiger charge is 2.21. The van der Waals surface area contributed by atoms with Gasteiger partial charge in [-0.05, 0) is 37.0 Å². The SMILES string of the molecule is Cn1cnc(Cn2c(=S)[nH]c3sc4c(c3c2=O)CCC4)n1. The van der Waals surface area contributed by atoms with Crippen molar-refractivity contribution in [2.24, 2.45) is 7.05 Å². The Morgan fingerprint density at radius 1 is 1.48 bits per heavy atom. The summed E-state index contributed by atoms with van der Waals surface area (Å²) in [5.41, 5.74) is 1.18. The highest BCUT2D eigenvalue weighted by Crippen LogP contribution is 2.34. The van der Waals surface area contributed by atoms with E-state index in [0.717, 1.165) is 29.5 Å². The smallest absolute Gasteiger partial charge is 0.263 e. The quantitative estimate of drug-likeness (QED) is 0.731. The maximum absolute atomic E-state index is 12.8.